The fourth-order valence-corrected chi connectivity index (χ4v) is 2.74. The Labute approximate surface area is 120 Å². The SMILES string of the molecule is Cc1ccc(N)cc1NC(=O)CCSCCC(C)C. The molecule has 0 atom stereocenters. The molecule has 1 rings (SSSR count). The molecular formula is C15H24N2OS. The number of amides is 1. The highest BCUT2D eigenvalue weighted by molar-refractivity contribution is 7.99. The molecule has 1 amide bonds. The van der Waals surface area contributed by atoms with Crippen LogP contribution in [0.2, 0.25) is 0 Å². The highest BCUT2D eigenvalue weighted by Gasteiger charge is 2.05. The highest BCUT2D eigenvalue weighted by atomic mass is 32.2. The molecule has 0 saturated heterocycles. The normalized spacial score (nSPS) is 10.7. The lowest BCUT2D eigenvalue weighted by molar-refractivity contribution is -0.115. The molecule has 19 heavy (non-hydrogen) atoms. The summed E-state index contributed by atoms with van der Waals surface area (Å²) in [5.74, 6) is 2.80. The van der Waals surface area contributed by atoms with Gasteiger partial charge < -0.3 is 11.1 Å². The fourth-order valence-electron chi connectivity index (χ4n) is 1.57. The number of carbonyl (C=O) groups excluding carboxylic acids is 1. The van der Waals surface area contributed by atoms with Gasteiger partial charge in [-0.25, -0.2) is 0 Å². The molecule has 3 N–H and O–H groups in total. The third-order valence-corrected chi connectivity index (χ3v) is 3.87. The van der Waals surface area contributed by atoms with E-state index in [1.54, 1.807) is 6.07 Å². The summed E-state index contributed by atoms with van der Waals surface area (Å²) in [5.41, 5.74) is 8.24. The van der Waals surface area contributed by atoms with Gasteiger partial charge in [0.15, 0.2) is 0 Å². The van der Waals surface area contributed by atoms with Crippen LogP contribution in [0.25, 0.3) is 0 Å². The van der Waals surface area contributed by atoms with Gasteiger partial charge in [-0.2, -0.15) is 11.8 Å². The van der Waals surface area contributed by atoms with Crippen LogP contribution >= 0.6 is 11.8 Å². The molecule has 0 aliphatic rings. The lowest BCUT2D eigenvalue weighted by atomic mass is 10.2. The molecule has 0 bridgehead atoms. The van der Waals surface area contributed by atoms with Crippen molar-refractivity contribution in [3.8, 4) is 0 Å². The van der Waals surface area contributed by atoms with Gasteiger partial charge in [0.05, 0.1) is 0 Å². The molecule has 106 valence electrons. The van der Waals surface area contributed by atoms with Crippen LogP contribution < -0.4 is 11.1 Å². The van der Waals surface area contributed by atoms with Gasteiger partial charge in [0.2, 0.25) is 5.91 Å². The Morgan fingerprint density at radius 3 is 2.79 bits per heavy atom. The van der Waals surface area contributed by atoms with E-state index in [1.165, 1.54) is 6.42 Å². The summed E-state index contributed by atoms with van der Waals surface area (Å²) < 4.78 is 0. The third-order valence-electron chi connectivity index (χ3n) is 2.85. The standard InChI is InChI=1S/C15H24N2OS/c1-11(2)6-8-19-9-7-15(18)17-14-10-13(16)5-4-12(14)3/h4-5,10-11H,6-9,16H2,1-3H3,(H,17,18). The van der Waals surface area contributed by atoms with E-state index in [9.17, 15) is 4.79 Å². The smallest absolute Gasteiger partial charge is 0.225 e. The van der Waals surface area contributed by atoms with Crippen molar-refractivity contribution < 1.29 is 4.79 Å². The molecular weight excluding hydrogens is 256 g/mol. The van der Waals surface area contributed by atoms with Crippen molar-refractivity contribution in [1.29, 1.82) is 0 Å². The summed E-state index contributed by atoms with van der Waals surface area (Å²) in [4.78, 5) is 11.8. The maximum absolute atomic E-state index is 11.8. The van der Waals surface area contributed by atoms with E-state index in [-0.39, 0.29) is 5.91 Å². The predicted octanol–water partition coefficient (Wildman–Crippen LogP) is 3.69. The first-order valence-electron chi connectivity index (χ1n) is 6.72. The lowest BCUT2D eigenvalue weighted by Gasteiger charge is -2.09. The van der Waals surface area contributed by atoms with Crippen LogP contribution in [0.1, 0.15) is 32.3 Å². The van der Waals surface area contributed by atoms with Gasteiger partial charge in [-0.05, 0) is 42.7 Å². The molecule has 0 aliphatic carbocycles. The number of nitrogens with two attached hydrogens (primary N) is 1. The minimum Gasteiger partial charge on any atom is -0.399 e. The summed E-state index contributed by atoms with van der Waals surface area (Å²) in [6, 6.07) is 5.56. The Kier molecular flexibility index (Phi) is 6.78. The Morgan fingerprint density at radius 2 is 2.11 bits per heavy atom. The summed E-state index contributed by atoms with van der Waals surface area (Å²) in [7, 11) is 0. The van der Waals surface area contributed by atoms with Gasteiger partial charge in [0, 0.05) is 23.5 Å². The molecule has 0 saturated carbocycles. The van der Waals surface area contributed by atoms with E-state index < -0.39 is 0 Å². The lowest BCUT2D eigenvalue weighted by Crippen LogP contribution is -2.13. The monoisotopic (exact) mass is 280 g/mol. The number of nitrogens with one attached hydrogen (secondary N) is 1. The Morgan fingerprint density at radius 1 is 1.37 bits per heavy atom. The van der Waals surface area contributed by atoms with Crippen molar-refractivity contribution in [2.45, 2.75) is 33.6 Å². The van der Waals surface area contributed by atoms with E-state index in [0.29, 0.717) is 12.1 Å². The first-order chi connectivity index (χ1) is 8.99. The summed E-state index contributed by atoms with van der Waals surface area (Å²) in [6.07, 6.45) is 1.76. The molecule has 0 unspecified atom stereocenters. The molecule has 0 aromatic heterocycles. The van der Waals surface area contributed by atoms with E-state index in [1.807, 2.05) is 30.8 Å². The zero-order chi connectivity index (χ0) is 14.3. The number of rotatable bonds is 7. The van der Waals surface area contributed by atoms with Crippen molar-refractivity contribution >= 4 is 29.0 Å². The number of thioether (sulfide) groups is 1. The largest absolute Gasteiger partial charge is 0.399 e. The van der Waals surface area contributed by atoms with Crippen LogP contribution in [0.4, 0.5) is 11.4 Å². The van der Waals surface area contributed by atoms with Crippen molar-refractivity contribution in [1.82, 2.24) is 0 Å². The highest BCUT2D eigenvalue weighted by Crippen LogP contribution is 2.18. The number of hydrogen-bond donors (Lipinski definition) is 2. The minimum absolute atomic E-state index is 0.0609. The molecule has 1 aromatic rings. The molecule has 0 spiro atoms. The minimum atomic E-state index is 0.0609. The Bertz CT molecular complexity index is 419. The maximum atomic E-state index is 11.8. The van der Waals surface area contributed by atoms with Crippen molar-refractivity contribution in [3.05, 3.63) is 23.8 Å². The van der Waals surface area contributed by atoms with Crippen LogP contribution in [-0.4, -0.2) is 17.4 Å². The molecule has 0 radical (unpaired) electrons. The molecule has 0 aliphatic heterocycles. The van der Waals surface area contributed by atoms with E-state index in [4.69, 9.17) is 5.73 Å². The van der Waals surface area contributed by atoms with Crippen molar-refractivity contribution in [3.63, 3.8) is 0 Å². The van der Waals surface area contributed by atoms with Gasteiger partial charge in [0.1, 0.15) is 0 Å². The topological polar surface area (TPSA) is 55.1 Å². The number of hydrogen-bond acceptors (Lipinski definition) is 3. The number of carbonyl (C=O) groups is 1. The van der Waals surface area contributed by atoms with E-state index in [0.717, 1.165) is 28.7 Å². The van der Waals surface area contributed by atoms with Gasteiger partial charge in [-0.1, -0.05) is 19.9 Å². The van der Waals surface area contributed by atoms with Gasteiger partial charge in [-0.3, -0.25) is 4.79 Å². The maximum Gasteiger partial charge on any atom is 0.225 e. The van der Waals surface area contributed by atoms with Gasteiger partial charge >= 0.3 is 0 Å². The molecule has 0 heterocycles. The van der Waals surface area contributed by atoms with E-state index >= 15 is 0 Å². The van der Waals surface area contributed by atoms with Crippen molar-refractivity contribution in [2.75, 3.05) is 22.6 Å². The summed E-state index contributed by atoms with van der Waals surface area (Å²) in [6.45, 7) is 6.40. The second-order valence-corrected chi connectivity index (χ2v) is 6.39. The number of nitrogen functional groups attached to an aromatic ring is 1. The number of anilines is 2. The number of benzene rings is 1. The summed E-state index contributed by atoms with van der Waals surface area (Å²) in [5, 5.41) is 2.92. The Hall–Kier alpha value is -1.16. The predicted molar refractivity (Wildman–Crippen MR) is 85.6 cm³/mol. The third kappa shape index (κ3) is 6.53. The van der Waals surface area contributed by atoms with Gasteiger partial charge in [-0.15, -0.1) is 0 Å². The second kappa shape index (κ2) is 8.10. The zero-order valence-corrected chi connectivity index (χ0v) is 12.8. The molecule has 0 fully saturated rings. The average molecular weight is 280 g/mol. The summed E-state index contributed by atoms with van der Waals surface area (Å²) >= 11 is 1.84. The fraction of sp³-hybridized carbons (Fsp3) is 0.533. The zero-order valence-electron chi connectivity index (χ0n) is 12.0. The van der Waals surface area contributed by atoms with Crippen LogP contribution in [0.15, 0.2) is 18.2 Å². The van der Waals surface area contributed by atoms with Gasteiger partial charge in [0.25, 0.3) is 0 Å². The molecule has 3 nitrogen and oxygen atoms in total. The van der Waals surface area contributed by atoms with Crippen LogP contribution in [-0.2, 0) is 4.79 Å². The molecule has 4 heteroatoms. The van der Waals surface area contributed by atoms with Crippen LogP contribution in [0, 0.1) is 12.8 Å². The van der Waals surface area contributed by atoms with Crippen LogP contribution in [0.5, 0.6) is 0 Å². The number of aryl methyl sites for hydroxylation is 1. The van der Waals surface area contributed by atoms with Crippen LogP contribution in [0.3, 0.4) is 0 Å². The quantitative estimate of drug-likeness (QED) is 0.591. The second-order valence-electron chi connectivity index (χ2n) is 5.17. The Balaban J connectivity index is 2.29. The first kappa shape index (κ1) is 15.9. The first-order valence-corrected chi connectivity index (χ1v) is 7.88. The molecule has 1 aromatic carbocycles. The average Bonchev–Trinajstić information content (AvgIpc) is 2.33. The van der Waals surface area contributed by atoms with Crippen molar-refractivity contribution in [2.24, 2.45) is 5.92 Å². The van der Waals surface area contributed by atoms with E-state index in [2.05, 4.69) is 19.2 Å².